The van der Waals surface area contributed by atoms with E-state index in [9.17, 15) is 10.2 Å². The second kappa shape index (κ2) is 10.3. The van der Waals surface area contributed by atoms with E-state index >= 15 is 0 Å². The molecule has 0 radical (unpaired) electrons. The number of anilines is 1. The van der Waals surface area contributed by atoms with Crippen LogP contribution in [0.5, 0.6) is 0 Å². The molecule has 0 amide bonds. The molecular formula is C22H30N4O3. The number of pyridine rings is 1. The van der Waals surface area contributed by atoms with Crippen molar-refractivity contribution in [3.63, 3.8) is 0 Å². The van der Waals surface area contributed by atoms with E-state index in [2.05, 4.69) is 34.4 Å². The summed E-state index contributed by atoms with van der Waals surface area (Å²) >= 11 is 0. The molecule has 1 aromatic rings. The number of aliphatic imine (C=N–C) groups is 1. The molecule has 156 valence electrons. The van der Waals surface area contributed by atoms with Crippen molar-refractivity contribution >= 4 is 12.0 Å². The summed E-state index contributed by atoms with van der Waals surface area (Å²) < 4.78 is 5.76. The topological polar surface area (TPSA) is 90.2 Å². The Morgan fingerprint density at radius 3 is 2.97 bits per heavy atom. The molecule has 7 heteroatoms. The van der Waals surface area contributed by atoms with Gasteiger partial charge < -0.3 is 25.2 Å². The Balaban J connectivity index is 1.55. The van der Waals surface area contributed by atoms with E-state index in [-0.39, 0.29) is 6.04 Å². The van der Waals surface area contributed by atoms with Gasteiger partial charge >= 0.3 is 0 Å². The maximum absolute atomic E-state index is 9.52. The van der Waals surface area contributed by atoms with E-state index in [1.165, 1.54) is 5.56 Å². The Morgan fingerprint density at radius 1 is 1.38 bits per heavy atom. The van der Waals surface area contributed by atoms with Gasteiger partial charge in [-0.2, -0.15) is 0 Å². The molecule has 3 atom stereocenters. The van der Waals surface area contributed by atoms with Gasteiger partial charge in [0, 0.05) is 44.3 Å². The first-order valence-electron chi connectivity index (χ1n) is 10.1. The van der Waals surface area contributed by atoms with Gasteiger partial charge in [0.15, 0.2) is 6.29 Å². The lowest BCUT2D eigenvalue weighted by Crippen LogP contribution is -2.45. The van der Waals surface area contributed by atoms with E-state index in [1.807, 2.05) is 36.5 Å². The zero-order valence-electron chi connectivity index (χ0n) is 17.0. The number of nitrogens with one attached hydrogen (secondary N) is 1. The number of allylic oxidation sites excluding steroid dienone is 1. The smallest absolute Gasteiger partial charge is 0.159 e. The minimum atomic E-state index is -1.41. The van der Waals surface area contributed by atoms with Crippen LogP contribution in [-0.2, 0) is 11.2 Å². The van der Waals surface area contributed by atoms with Crippen LogP contribution in [0.1, 0.15) is 18.9 Å². The first-order valence-corrected chi connectivity index (χ1v) is 10.1. The van der Waals surface area contributed by atoms with Crippen molar-refractivity contribution < 1.29 is 14.9 Å². The van der Waals surface area contributed by atoms with Crippen LogP contribution in [0.3, 0.4) is 0 Å². The second-order valence-electron chi connectivity index (χ2n) is 7.34. The van der Waals surface area contributed by atoms with Gasteiger partial charge in [-0.1, -0.05) is 19.1 Å². The van der Waals surface area contributed by atoms with E-state index < -0.39 is 12.2 Å². The molecule has 1 aromatic heterocycles. The number of aryl methyl sites for hydroxylation is 1. The zero-order chi connectivity index (χ0) is 20.6. The van der Waals surface area contributed by atoms with Crippen molar-refractivity contribution in [2.75, 3.05) is 25.1 Å². The molecule has 3 rings (SSSR count). The molecule has 0 fully saturated rings. The minimum absolute atomic E-state index is 0.196. The number of nitrogens with zero attached hydrogens (tertiary/aromatic N) is 3. The van der Waals surface area contributed by atoms with Crippen LogP contribution in [0.2, 0.25) is 0 Å². The number of hydrogen-bond donors (Lipinski definition) is 3. The molecule has 0 saturated carbocycles. The molecule has 3 heterocycles. The van der Waals surface area contributed by atoms with Crippen molar-refractivity contribution in [3.05, 3.63) is 60.3 Å². The Hall–Kier alpha value is -2.48. The molecular weight excluding hydrogens is 368 g/mol. The summed E-state index contributed by atoms with van der Waals surface area (Å²) in [6, 6.07) is 3.90. The van der Waals surface area contributed by atoms with Crippen molar-refractivity contribution in [3.8, 4) is 0 Å². The van der Waals surface area contributed by atoms with Crippen LogP contribution >= 0.6 is 0 Å². The van der Waals surface area contributed by atoms with Gasteiger partial charge in [-0.15, -0.1) is 0 Å². The number of aromatic nitrogens is 1. The lowest BCUT2D eigenvalue weighted by atomic mass is 9.96. The van der Waals surface area contributed by atoms with E-state index in [0.29, 0.717) is 19.1 Å². The third-order valence-electron chi connectivity index (χ3n) is 5.21. The SMILES string of the molecule is CCc1ccc(N(C)/C=C/C2=C[C@H](CNC3C=NC=CC3C(O)O)CCO2)nc1. The molecule has 2 aliphatic rings. The van der Waals surface area contributed by atoms with Crippen LogP contribution in [0, 0.1) is 11.8 Å². The number of rotatable bonds is 8. The lowest BCUT2D eigenvalue weighted by Gasteiger charge is -2.28. The van der Waals surface area contributed by atoms with Gasteiger partial charge in [0.25, 0.3) is 0 Å². The first-order chi connectivity index (χ1) is 14.1. The third-order valence-corrected chi connectivity index (χ3v) is 5.21. The monoisotopic (exact) mass is 398 g/mol. The average Bonchev–Trinajstić information content (AvgIpc) is 2.76. The number of hydrogen-bond acceptors (Lipinski definition) is 7. The fourth-order valence-corrected chi connectivity index (χ4v) is 3.32. The number of aliphatic hydroxyl groups excluding tert-OH is 1. The molecule has 0 aromatic carbocycles. The van der Waals surface area contributed by atoms with Crippen molar-refractivity contribution in [2.24, 2.45) is 16.8 Å². The van der Waals surface area contributed by atoms with Gasteiger partial charge in [0.2, 0.25) is 0 Å². The summed E-state index contributed by atoms with van der Waals surface area (Å²) in [7, 11) is 1.96. The number of aliphatic hydroxyl groups is 2. The highest BCUT2D eigenvalue weighted by Crippen LogP contribution is 2.20. The van der Waals surface area contributed by atoms with E-state index in [0.717, 1.165) is 24.4 Å². The van der Waals surface area contributed by atoms with Crippen LogP contribution in [0.4, 0.5) is 5.82 Å². The molecule has 2 aliphatic heterocycles. The Labute approximate surface area is 172 Å². The van der Waals surface area contributed by atoms with Crippen LogP contribution < -0.4 is 10.2 Å². The first kappa shape index (κ1) is 21.2. The van der Waals surface area contributed by atoms with Gasteiger partial charge in [-0.25, -0.2) is 4.98 Å². The highest BCUT2D eigenvalue weighted by molar-refractivity contribution is 5.67. The molecule has 2 unspecified atom stereocenters. The van der Waals surface area contributed by atoms with Gasteiger partial charge in [0.1, 0.15) is 11.6 Å². The van der Waals surface area contributed by atoms with Gasteiger partial charge in [0.05, 0.1) is 12.6 Å². The van der Waals surface area contributed by atoms with Gasteiger partial charge in [-0.05, 0) is 42.5 Å². The van der Waals surface area contributed by atoms with E-state index in [4.69, 9.17) is 4.74 Å². The fraction of sp³-hybridized carbons (Fsp3) is 0.455. The van der Waals surface area contributed by atoms with Crippen molar-refractivity contribution in [2.45, 2.75) is 32.1 Å². The van der Waals surface area contributed by atoms with Crippen LogP contribution in [0.25, 0.3) is 0 Å². The lowest BCUT2D eigenvalue weighted by molar-refractivity contribution is -0.0737. The summed E-state index contributed by atoms with van der Waals surface area (Å²) in [6.07, 6.45) is 13.4. The average molecular weight is 399 g/mol. The van der Waals surface area contributed by atoms with Crippen LogP contribution in [-0.4, -0.2) is 53.9 Å². The molecule has 7 nitrogen and oxygen atoms in total. The molecule has 0 bridgehead atoms. The van der Waals surface area contributed by atoms with E-state index in [1.54, 1.807) is 18.5 Å². The Bertz CT molecular complexity index is 771. The maximum Gasteiger partial charge on any atom is 0.159 e. The third kappa shape index (κ3) is 6.00. The molecule has 3 N–H and O–H groups in total. The Morgan fingerprint density at radius 2 is 2.24 bits per heavy atom. The summed E-state index contributed by atoms with van der Waals surface area (Å²) in [5.41, 5.74) is 1.22. The predicted molar refractivity (Wildman–Crippen MR) is 114 cm³/mol. The largest absolute Gasteiger partial charge is 0.494 e. The highest BCUT2D eigenvalue weighted by Gasteiger charge is 2.26. The molecule has 29 heavy (non-hydrogen) atoms. The number of ether oxygens (including phenoxy) is 1. The maximum atomic E-state index is 9.52. The highest BCUT2D eigenvalue weighted by atomic mass is 16.5. The normalized spacial score (nSPS) is 24.0. The summed E-state index contributed by atoms with van der Waals surface area (Å²) in [5, 5.41) is 22.4. The van der Waals surface area contributed by atoms with Crippen molar-refractivity contribution in [1.82, 2.24) is 10.3 Å². The molecule has 0 saturated heterocycles. The van der Waals surface area contributed by atoms with Gasteiger partial charge in [-0.3, -0.25) is 4.99 Å². The van der Waals surface area contributed by atoms with Crippen LogP contribution in [0.15, 0.2) is 59.7 Å². The summed E-state index contributed by atoms with van der Waals surface area (Å²) in [5.74, 6) is 1.62. The minimum Gasteiger partial charge on any atom is -0.494 e. The summed E-state index contributed by atoms with van der Waals surface area (Å²) in [6.45, 7) is 3.48. The Kier molecular flexibility index (Phi) is 7.57. The second-order valence-corrected chi connectivity index (χ2v) is 7.34. The summed E-state index contributed by atoms with van der Waals surface area (Å²) in [4.78, 5) is 10.5. The zero-order valence-corrected chi connectivity index (χ0v) is 17.0. The fourth-order valence-electron chi connectivity index (χ4n) is 3.32. The standard InChI is InChI=1S/C22H30N4O3/c1-3-16-4-5-21(25-13-16)26(2)10-7-18-12-17(8-11-29-18)14-24-20-15-23-9-6-19(20)22(27)28/h4-7,9-10,12-13,15,17,19-20,22,24,27-28H,3,8,11,14H2,1-2H3/b10-7+/t17-,19?,20?/m1/s1. The molecule has 0 aliphatic carbocycles. The predicted octanol–water partition coefficient (Wildman–Crippen LogP) is 2.00. The quantitative estimate of drug-likeness (QED) is 0.581. The molecule has 0 spiro atoms. The van der Waals surface area contributed by atoms with Crippen molar-refractivity contribution in [1.29, 1.82) is 0 Å².